The van der Waals surface area contributed by atoms with Gasteiger partial charge < -0.3 is 9.87 Å². The number of halogens is 1. The van der Waals surface area contributed by atoms with Crippen molar-refractivity contribution in [2.75, 3.05) is 5.32 Å². The number of hydrogen-bond donors (Lipinski definition) is 1. The summed E-state index contributed by atoms with van der Waals surface area (Å²) < 4.78 is 35.5. The molecule has 0 aliphatic rings. The maximum absolute atomic E-state index is 12.5. The van der Waals surface area contributed by atoms with Gasteiger partial charge >= 0.3 is 51.4 Å². The van der Waals surface area contributed by atoms with Crippen LogP contribution in [0.1, 0.15) is 28.4 Å². The van der Waals surface area contributed by atoms with Gasteiger partial charge in [0.15, 0.2) is 0 Å². The van der Waals surface area contributed by atoms with Gasteiger partial charge in [0.1, 0.15) is 0 Å². The average Bonchev–Trinajstić information content (AvgIpc) is 2.52. The third-order valence-corrected chi connectivity index (χ3v) is 3.77. The van der Waals surface area contributed by atoms with E-state index in [1.807, 2.05) is 6.07 Å². The summed E-state index contributed by atoms with van der Waals surface area (Å²) >= 11 is 5.96. The van der Waals surface area contributed by atoms with Crippen molar-refractivity contribution in [3.05, 3.63) is 64.2 Å². The number of nitrogens with one attached hydrogen (secondary N) is 1. The Morgan fingerprint density at radius 3 is 2.46 bits per heavy atom. The van der Waals surface area contributed by atoms with E-state index in [-0.39, 0.29) is 63.0 Å². The van der Waals surface area contributed by atoms with E-state index in [0.29, 0.717) is 21.8 Å². The van der Waals surface area contributed by atoms with Gasteiger partial charge in [-0.3, -0.25) is 9.08 Å². The van der Waals surface area contributed by atoms with Gasteiger partial charge in [-0.25, -0.2) is 0 Å². The summed E-state index contributed by atoms with van der Waals surface area (Å²) in [5, 5.41) is 6.33. The van der Waals surface area contributed by atoms with E-state index in [0.717, 1.165) is 5.56 Å². The second kappa shape index (κ2) is 9.95. The number of rotatable bonds is 5. The minimum absolute atomic E-state index is 0. The van der Waals surface area contributed by atoms with Gasteiger partial charge in [-0.1, -0.05) is 35.0 Å². The maximum atomic E-state index is 12.5. The van der Waals surface area contributed by atoms with Crippen LogP contribution in [0.4, 0.5) is 5.69 Å². The number of carbonyl (C=O) groups excluding carboxylic acids is 1. The molecule has 0 fully saturated rings. The molecule has 26 heavy (non-hydrogen) atoms. The first-order chi connectivity index (χ1) is 11.7. The molecule has 7 nitrogen and oxygen atoms in total. The largest absolute Gasteiger partial charge is 1.00 e. The Labute approximate surface area is 199 Å². The van der Waals surface area contributed by atoms with Crippen LogP contribution in [-0.2, 0) is 14.7 Å². The monoisotopic (exact) mass is 420 g/mol. The number of anilines is 1. The SMILES string of the molecule is C/C(=N\OS(=O)(=O)[O-])c1ccc(Cl)cc1NC(=O)c1ccccc1C.[K+]. The smallest absolute Gasteiger partial charge is 0.714 e. The van der Waals surface area contributed by atoms with E-state index < -0.39 is 10.4 Å². The third kappa shape index (κ3) is 6.75. The molecule has 0 aromatic heterocycles. The van der Waals surface area contributed by atoms with Gasteiger partial charge in [0, 0.05) is 16.1 Å². The second-order valence-corrected chi connectivity index (χ2v) is 6.52. The van der Waals surface area contributed by atoms with Crippen molar-refractivity contribution in [2.45, 2.75) is 13.8 Å². The van der Waals surface area contributed by atoms with Crippen LogP contribution in [0.3, 0.4) is 0 Å². The van der Waals surface area contributed by atoms with Crippen LogP contribution in [0.15, 0.2) is 47.6 Å². The standard InChI is InChI=1S/C16H15ClN2O5S.K/c1-10-5-3-4-6-13(10)16(20)18-15-9-12(17)7-8-14(15)11(2)19-24-25(21,22)23;/h3-9H,1-2H3,(H,18,20)(H,21,22,23);/q;+1/p-1/b19-11+;. The number of oxime groups is 1. The minimum atomic E-state index is -4.97. The number of benzene rings is 2. The average molecular weight is 421 g/mol. The van der Waals surface area contributed by atoms with Gasteiger partial charge in [0.05, 0.1) is 11.4 Å². The zero-order valence-electron chi connectivity index (χ0n) is 14.3. The zero-order valence-corrected chi connectivity index (χ0v) is 19.0. The molecule has 132 valence electrons. The summed E-state index contributed by atoms with van der Waals surface area (Å²) in [4.78, 5) is 12.5. The molecule has 2 aromatic carbocycles. The van der Waals surface area contributed by atoms with Crippen LogP contribution in [0, 0.1) is 6.92 Å². The zero-order chi connectivity index (χ0) is 18.6. The minimum Gasteiger partial charge on any atom is -0.714 e. The summed E-state index contributed by atoms with van der Waals surface area (Å²) in [5.74, 6) is -0.369. The molecule has 0 heterocycles. The molecule has 0 atom stereocenters. The molecule has 0 saturated heterocycles. The van der Waals surface area contributed by atoms with Crippen molar-refractivity contribution in [2.24, 2.45) is 5.16 Å². The van der Waals surface area contributed by atoms with E-state index in [4.69, 9.17) is 11.6 Å². The predicted molar refractivity (Wildman–Crippen MR) is 93.6 cm³/mol. The molecule has 1 N–H and O–H groups in total. The number of amides is 1. The van der Waals surface area contributed by atoms with Crippen LogP contribution in [0.5, 0.6) is 0 Å². The normalized spacial score (nSPS) is 11.5. The molecule has 10 heteroatoms. The van der Waals surface area contributed by atoms with Crippen molar-refractivity contribution >= 4 is 39.3 Å². The topological polar surface area (TPSA) is 108 Å². The fourth-order valence-corrected chi connectivity index (χ4v) is 2.48. The van der Waals surface area contributed by atoms with E-state index in [1.54, 1.807) is 25.1 Å². The second-order valence-electron chi connectivity index (χ2n) is 5.12. The quantitative estimate of drug-likeness (QED) is 0.243. The molecule has 0 radical (unpaired) electrons. The van der Waals surface area contributed by atoms with Crippen molar-refractivity contribution in [3.63, 3.8) is 0 Å². The summed E-state index contributed by atoms with van der Waals surface area (Å²) in [7, 11) is -4.97. The van der Waals surface area contributed by atoms with Crippen molar-refractivity contribution in [3.8, 4) is 0 Å². The molecule has 2 aromatic rings. The van der Waals surface area contributed by atoms with Crippen molar-refractivity contribution in [1.82, 2.24) is 0 Å². The van der Waals surface area contributed by atoms with E-state index in [9.17, 15) is 17.8 Å². The molecule has 0 aliphatic carbocycles. The Kier molecular flexibility index (Phi) is 8.90. The van der Waals surface area contributed by atoms with Gasteiger partial charge in [-0.05, 0) is 43.7 Å². The van der Waals surface area contributed by atoms with Crippen LogP contribution in [0.25, 0.3) is 0 Å². The van der Waals surface area contributed by atoms with Crippen molar-refractivity contribution in [1.29, 1.82) is 0 Å². The molecule has 0 aliphatic heterocycles. The van der Waals surface area contributed by atoms with Gasteiger partial charge in [-0.2, -0.15) is 8.42 Å². The number of hydrogen-bond acceptors (Lipinski definition) is 6. The maximum Gasteiger partial charge on any atom is 1.00 e. The van der Waals surface area contributed by atoms with E-state index in [2.05, 4.69) is 14.8 Å². The van der Waals surface area contributed by atoms with E-state index >= 15 is 0 Å². The predicted octanol–water partition coefficient (Wildman–Crippen LogP) is 0.106. The Hall–Kier alpha value is -0.784. The third-order valence-electron chi connectivity index (χ3n) is 3.27. The Bertz CT molecular complexity index is 947. The van der Waals surface area contributed by atoms with Crippen LogP contribution in [0.2, 0.25) is 5.02 Å². The molecule has 0 saturated carbocycles. The van der Waals surface area contributed by atoms with Crippen LogP contribution >= 0.6 is 11.6 Å². The number of aryl methyl sites for hydroxylation is 1. The first kappa shape index (κ1) is 23.3. The molecule has 0 bridgehead atoms. The Balaban J connectivity index is 0.00000338. The van der Waals surface area contributed by atoms with Gasteiger partial charge in [-0.15, -0.1) is 0 Å². The first-order valence-electron chi connectivity index (χ1n) is 7.03. The number of nitrogens with zero attached hydrogens (tertiary/aromatic N) is 1. The molecular weight excluding hydrogens is 407 g/mol. The Morgan fingerprint density at radius 2 is 1.85 bits per heavy atom. The van der Waals surface area contributed by atoms with E-state index in [1.165, 1.54) is 25.1 Å². The summed E-state index contributed by atoms with van der Waals surface area (Å²) in [6.07, 6.45) is 0. The number of carbonyl (C=O) groups is 1. The summed E-state index contributed by atoms with van der Waals surface area (Å²) in [5.41, 5.74) is 2.00. The van der Waals surface area contributed by atoms with Crippen LogP contribution in [-0.4, -0.2) is 24.6 Å². The molecule has 0 unspecified atom stereocenters. The molecule has 0 spiro atoms. The van der Waals surface area contributed by atoms with Gasteiger partial charge in [0.2, 0.25) is 0 Å². The Morgan fingerprint density at radius 1 is 1.19 bits per heavy atom. The molecule has 2 rings (SSSR count). The molecular formula is C16H14ClKN2O5S. The fourth-order valence-electron chi connectivity index (χ4n) is 2.10. The fraction of sp³-hybridized carbons (Fsp3) is 0.125. The van der Waals surface area contributed by atoms with Crippen molar-refractivity contribution < 1.29 is 73.4 Å². The first-order valence-corrected chi connectivity index (χ1v) is 8.74. The molecule has 1 amide bonds. The summed E-state index contributed by atoms with van der Waals surface area (Å²) in [6.45, 7) is 3.23. The van der Waals surface area contributed by atoms with Gasteiger partial charge in [0.25, 0.3) is 16.3 Å². The summed E-state index contributed by atoms with van der Waals surface area (Å²) in [6, 6.07) is 11.6. The van der Waals surface area contributed by atoms with Crippen LogP contribution < -0.4 is 56.7 Å².